The highest BCUT2D eigenvalue weighted by Crippen LogP contribution is 2.22. The van der Waals surface area contributed by atoms with Gasteiger partial charge in [0.15, 0.2) is 0 Å². The summed E-state index contributed by atoms with van der Waals surface area (Å²) in [6.45, 7) is 0.557. The monoisotopic (exact) mass is 355 g/mol. The maximum absolute atomic E-state index is 14.1. The molecule has 0 aliphatic carbocycles. The Balaban J connectivity index is 1.95. The minimum atomic E-state index is -0.635. The van der Waals surface area contributed by atoms with Gasteiger partial charge in [0.2, 0.25) is 11.8 Å². The number of likely N-dealkylation sites (tertiary alicyclic amines) is 1. The Morgan fingerprint density at radius 1 is 1.12 bits per heavy atom. The average molecular weight is 355 g/mol. The second-order valence-corrected chi connectivity index (χ2v) is 6.03. The SMILES string of the molecule is NC(=O)c1ccc(N(CN2CCCC2=O)C(=O)c2ccccc2F)cc1. The highest BCUT2D eigenvalue weighted by molar-refractivity contribution is 6.06. The standard InChI is InChI=1S/C19H18FN3O3/c20-16-5-2-1-4-15(16)19(26)23(12-22-11-3-6-17(22)24)14-9-7-13(8-10-14)18(21)25/h1-2,4-5,7-10H,3,6,11-12H2,(H2,21,25). The Morgan fingerprint density at radius 3 is 2.38 bits per heavy atom. The average Bonchev–Trinajstić information content (AvgIpc) is 3.04. The number of benzene rings is 2. The van der Waals surface area contributed by atoms with Gasteiger partial charge in [-0.25, -0.2) is 4.39 Å². The van der Waals surface area contributed by atoms with E-state index < -0.39 is 17.6 Å². The van der Waals surface area contributed by atoms with E-state index in [9.17, 15) is 18.8 Å². The first kappa shape index (κ1) is 17.6. The van der Waals surface area contributed by atoms with E-state index in [1.807, 2.05) is 0 Å². The maximum atomic E-state index is 14.1. The van der Waals surface area contributed by atoms with Crippen molar-refractivity contribution in [3.05, 3.63) is 65.5 Å². The number of nitrogens with zero attached hydrogens (tertiary/aromatic N) is 2. The van der Waals surface area contributed by atoms with E-state index in [4.69, 9.17) is 5.73 Å². The number of amides is 3. The molecule has 2 aromatic carbocycles. The van der Waals surface area contributed by atoms with Gasteiger partial charge in [-0.2, -0.15) is 0 Å². The molecule has 3 rings (SSSR count). The molecule has 0 bridgehead atoms. The van der Waals surface area contributed by atoms with E-state index in [-0.39, 0.29) is 18.1 Å². The van der Waals surface area contributed by atoms with Gasteiger partial charge in [0.25, 0.3) is 5.91 Å². The number of nitrogens with two attached hydrogens (primary N) is 1. The molecule has 1 fully saturated rings. The molecule has 1 aliphatic rings. The van der Waals surface area contributed by atoms with Crippen molar-refractivity contribution in [3.8, 4) is 0 Å². The molecule has 2 aromatic rings. The van der Waals surface area contributed by atoms with Crippen LogP contribution in [0.3, 0.4) is 0 Å². The highest BCUT2D eigenvalue weighted by atomic mass is 19.1. The van der Waals surface area contributed by atoms with Gasteiger partial charge in [-0.1, -0.05) is 12.1 Å². The van der Waals surface area contributed by atoms with Crippen molar-refractivity contribution >= 4 is 23.4 Å². The number of rotatable bonds is 5. The van der Waals surface area contributed by atoms with Crippen molar-refractivity contribution in [3.63, 3.8) is 0 Å². The Hall–Kier alpha value is -3.22. The summed E-state index contributed by atoms with van der Waals surface area (Å²) >= 11 is 0. The fourth-order valence-electron chi connectivity index (χ4n) is 2.87. The van der Waals surface area contributed by atoms with Crippen LogP contribution in [0.4, 0.5) is 10.1 Å². The Morgan fingerprint density at radius 2 is 1.81 bits per heavy atom. The van der Waals surface area contributed by atoms with Crippen LogP contribution in [0.15, 0.2) is 48.5 Å². The summed E-state index contributed by atoms with van der Waals surface area (Å²) < 4.78 is 14.1. The lowest BCUT2D eigenvalue weighted by Gasteiger charge is -2.28. The summed E-state index contributed by atoms with van der Waals surface area (Å²) in [4.78, 5) is 39.0. The Labute approximate surface area is 150 Å². The molecule has 0 radical (unpaired) electrons. The van der Waals surface area contributed by atoms with E-state index in [0.29, 0.717) is 24.2 Å². The summed E-state index contributed by atoms with van der Waals surface area (Å²) in [5, 5.41) is 0. The van der Waals surface area contributed by atoms with Gasteiger partial charge in [-0.05, 0) is 42.8 Å². The molecule has 0 atom stereocenters. The van der Waals surface area contributed by atoms with Crippen LogP contribution in [0, 0.1) is 5.82 Å². The normalized spacial score (nSPS) is 13.7. The molecule has 1 heterocycles. The zero-order chi connectivity index (χ0) is 18.7. The van der Waals surface area contributed by atoms with Crippen molar-refractivity contribution in [2.75, 3.05) is 18.1 Å². The van der Waals surface area contributed by atoms with E-state index >= 15 is 0 Å². The first-order valence-corrected chi connectivity index (χ1v) is 8.21. The minimum Gasteiger partial charge on any atom is -0.366 e. The molecule has 6 nitrogen and oxygen atoms in total. The van der Waals surface area contributed by atoms with Crippen LogP contribution < -0.4 is 10.6 Å². The lowest BCUT2D eigenvalue weighted by atomic mass is 10.1. The van der Waals surface area contributed by atoms with Crippen molar-refractivity contribution in [1.82, 2.24) is 4.90 Å². The number of carbonyl (C=O) groups is 3. The number of anilines is 1. The first-order chi connectivity index (χ1) is 12.5. The van der Waals surface area contributed by atoms with Gasteiger partial charge in [0, 0.05) is 24.2 Å². The van der Waals surface area contributed by atoms with Crippen LogP contribution >= 0.6 is 0 Å². The number of carbonyl (C=O) groups excluding carboxylic acids is 3. The van der Waals surface area contributed by atoms with Crippen LogP contribution in [0.5, 0.6) is 0 Å². The largest absolute Gasteiger partial charge is 0.366 e. The van der Waals surface area contributed by atoms with Gasteiger partial charge < -0.3 is 10.6 Å². The van der Waals surface area contributed by atoms with Gasteiger partial charge in [-0.15, -0.1) is 0 Å². The number of primary amides is 1. The van der Waals surface area contributed by atoms with Crippen molar-refractivity contribution in [2.45, 2.75) is 12.8 Å². The van der Waals surface area contributed by atoms with Gasteiger partial charge >= 0.3 is 0 Å². The number of halogens is 1. The Kier molecular flexibility index (Phi) is 4.97. The molecular weight excluding hydrogens is 337 g/mol. The van der Waals surface area contributed by atoms with Crippen LogP contribution in [0.1, 0.15) is 33.6 Å². The zero-order valence-corrected chi connectivity index (χ0v) is 14.0. The summed E-state index contributed by atoms with van der Waals surface area (Å²) in [6, 6.07) is 11.8. The second kappa shape index (κ2) is 7.35. The van der Waals surface area contributed by atoms with E-state index in [1.54, 1.807) is 23.1 Å². The smallest absolute Gasteiger partial charge is 0.262 e. The van der Waals surface area contributed by atoms with Gasteiger partial charge in [-0.3, -0.25) is 19.3 Å². The third kappa shape index (κ3) is 3.56. The van der Waals surface area contributed by atoms with E-state index in [2.05, 4.69) is 0 Å². The van der Waals surface area contributed by atoms with Gasteiger partial charge in [0.1, 0.15) is 12.5 Å². The Bertz CT molecular complexity index is 851. The lowest BCUT2D eigenvalue weighted by Crippen LogP contribution is -2.42. The van der Waals surface area contributed by atoms with Gasteiger partial charge in [0.05, 0.1) is 5.56 Å². The third-order valence-electron chi connectivity index (χ3n) is 4.30. The van der Waals surface area contributed by atoms with Crippen LogP contribution in [-0.4, -0.2) is 35.8 Å². The molecule has 1 saturated heterocycles. The highest BCUT2D eigenvalue weighted by Gasteiger charge is 2.27. The third-order valence-corrected chi connectivity index (χ3v) is 4.30. The fraction of sp³-hybridized carbons (Fsp3) is 0.211. The molecular formula is C19H18FN3O3. The molecule has 0 aromatic heterocycles. The molecule has 0 unspecified atom stereocenters. The molecule has 7 heteroatoms. The van der Waals surface area contributed by atoms with Crippen LogP contribution in [0.25, 0.3) is 0 Å². The molecule has 3 amide bonds. The van der Waals surface area contributed by atoms with Crippen molar-refractivity contribution in [2.24, 2.45) is 5.73 Å². The van der Waals surface area contributed by atoms with E-state index in [1.165, 1.54) is 35.2 Å². The second-order valence-electron chi connectivity index (χ2n) is 6.03. The predicted molar refractivity (Wildman–Crippen MR) is 94.0 cm³/mol. The molecule has 26 heavy (non-hydrogen) atoms. The molecule has 134 valence electrons. The summed E-state index contributed by atoms with van der Waals surface area (Å²) in [7, 11) is 0. The maximum Gasteiger partial charge on any atom is 0.262 e. The molecule has 2 N–H and O–H groups in total. The summed E-state index contributed by atoms with van der Waals surface area (Å²) in [6.07, 6.45) is 1.16. The fourth-order valence-corrected chi connectivity index (χ4v) is 2.87. The molecule has 0 spiro atoms. The van der Waals surface area contributed by atoms with Crippen LogP contribution in [-0.2, 0) is 4.79 Å². The zero-order valence-electron chi connectivity index (χ0n) is 14.0. The summed E-state index contributed by atoms with van der Waals surface area (Å²) in [5.74, 6) is -1.83. The molecule has 1 aliphatic heterocycles. The molecule has 0 saturated carbocycles. The van der Waals surface area contributed by atoms with E-state index in [0.717, 1.165) is 6.42 Å². The lowest BCUT2D eigenvalue weighted by molar-refractivity contribution is -0.127. The van der Waals surface area contributed by atoms with Crippen LogP contribution in [0.2, 0.25) is 0 Å². The number of hydrogen-bond donors (Lipinski definition) is 1. The number of hydrogen-bond acceptors (Lipinski definition) is 3. The predicted octanol–water partition coefficient (Wildman–Crippen LogP) is 2.15. The van der Waals surface area contributed by atoms with Crippen molar-refractivity contribution < 1.29 is 18.8 Å². The minimum absolute atomic E-state index is 0.0158. The summed E-state index contributed by atoms with van der Waals surface area (Å²) in [5.41, 5.74) is 5.90. The quantitative estimate of drug-likeness (QED) is 0.892. The first-order valence-electron chi connectivity index (χ1n) is 8.21. The van der Waals surface area contributed by atoms with Crippen molar-refractivity contribution in [1.29, 1.82) is 0 Å². The topological polar surface area (TPSA) is 83.7 Å².